The summed E-state index contributed by atoms with van der Waals surface area (Å²) in [6.07, 6.45) is 4.09. The lowest BCUT2D eigenvalue weighted by molar-refractivity contribution is 0.0700. The summed E-state index contributed by atoms with van der Waals surface area (Å²) in [6, 6.07) is 0. The van der Waals surface area contributed by atoms with Crippen LogP contribution in [0.4, 0.5) is 0 Å². The molecule has 24 heavy (non-hydrogen) atoms. The topological polar surface area (TPSA) is 64.2 Å². The molecule has 2 aromatic heterocycles. The maximum absolute atomic E-state index is 13.1. The molecule has 0 unspecified atom stereocenters. The van der Waals surface area contributed by atoms with Crippen LogP contribution in [-0.2, 0) is 7.05 Å². The van der Waals surface area contributed by atoms with Crippen molar-refractivity contribution < 1.29 is 9.32 Å². The first kappa shape index (κ1) is 16.7. The van der Waals surface area contributed by atoms with Gasteiger partial charge in [0.1, 0.15) is 17.1 Å². The predicted octanol–water partition coefficient (Wildman–Crippen LogP) is 3.17. The molecular formula is C18H26N4O2. The third kappa shape index (κ3) is 2.97. The van der Waals surface area contributed by atoms with Crippen LogP contribution in [0, 0.1) is 13.8 Å². The van der Waals surface area contributed by atoms with Gasteiger partial charge in [-0.2, -0.15) is 0 Å². The first-order valence-electron chi connectivity index (χ1n) is 8.63. The smallest absolute Gasteiger partial charge is 0.259 e. The van der Waals surface area contributed by atoms with Crippen LogP contribution in [0.25, 0.3) is 0 Å². The number of likely N-dealkylation sites (tertiary alicyclic amines) is 1. The molecule has 0 aromatic carbocycles. The Labute approximate surface area is 142 Å². The van der Waals surface area contributed by atoms with Gasteiger partial charge in [0.15, 0.2) is 0 Å². The number of carbonyl (C=O) groups excluding carboxylic acids is 1. The minimum absolute atomic E-state index is 0.0353. The molecule has 130 valence electrons. The van der Waals surface area contributed by atoms with Crippen LogP contribution in [0.15, 0.2) is 10.7 Å². The minimum Gasteiger partial charge on any atom is -0.361 e. The van der Waals surface area contributed by atoms with Crippen LogP contribution in [-0.4, -0.2) is 38.6 Å². The molecule has 1 atom stereocenters. The molecule has 3 rings (SSSR count). The van der Waals surface area contributed by atoms with Crippen molar-refractivity contribution in [3.05, 3.63) is 34.7 Å². The third-order valence-electron chi connectivity index (χ3n) is 4.76. The third-order valence-corrected chi connectivity index (χ3v) is 4.76. The maximum Gasteiger partial charge on any atom is 0.259 e. The lowest BCUT2D eigenvalue weighted by atomic mass is 9.95. The fourth-order valence-corrected chi connectivity index (χ4v) is 3.59. The van der Waals surface area contributed by atoms with Gasteiger partial charge >= 0.3 is 0 Å². The van der Waals surface area contributed by atoms with Crippen LogP contribution < -0.4 is 0 Å². The van der Waals surface area contributed by atoms with E-state index < -0.39 is 0 Å². The summed E-state index contributed by atoms with van der Waals surface area (Å²) in [5, 5.41) is 4.09. The van der Waals surface area contributed by atoms with E-state index in [9.17, 15) is 4.79 Å². The van der Waals surface area contributed by atoms with E-state index in [4.69, 9.17) is 4.52 Å². The zero-order valence-corrected chi connectivity index (χ0v) is 15.2. The Hall–Kier alpha value is -2.11. The van der Waals surface area contributed by atoms with Crippen LogP contribution in [0.2, 0.25) is 0 Å². The van der Waals surface area contributed by atoms with Gasteiger partial charge in [-0.1, -0.05) is 19.0 Å². The number of aromatic nitrogens is 3. The molecular weight excluding hydrogens is 304 g/mol. The number of imidazole rings is 1. The average Bonchev–Trinajstić information content (AvgIpc) is 3.09. The van der Waals surface area contributed by atoms with Crippen LogP contribution in [0.3, 0.4) is 0 Å². The highest BCUT2D eigenvalue weighted by Crippen LogP contribution is 2.29. The molecule has 1 fully saturated rings. The van der Waals surface area contributed by atoms with E-state index in [2.05, 4.69) is 14.7 Å². The van der Waals surface area contributed by atoms with E-state index >= 15 is 0 Å². The van der Waals surface area contributed by atoms with E-state index in [1.54, 1.807) is 0 Å². The van der Waals surface area contributed by atoms with E-state index in [1.807, 2.05) is 45.8 Å². The minimum atomic E-state index is 0.0353. The van der Waals surface area contributed by atoms with Crippen molar-refractivity contribution >= 4 is 5.91 Å². The standard InChI is InChI=1S/C18H26N4O2/c1-11(2)16-15(13(4)24-20-16)18(23)22-8-6-7-14(10-22)17-19-12(3)9-21(17)5/h9,11,14H,6-8,10H2,1-5H3/t14-/m1/s1. The van der Waals surface area contributed by atoms with Crippen molar-refractivity contribution in [1.29, 1.82) is 0 Å². The highest BCUT2D eigenvalue weighted by atomic mass is 16.5. The van der Waals surface area contributed by atoms with Crippen molar-refractivity contribution in [2.24, 2.45) is 7.05 Å². The molecule has 0 radical (unpaired) electrons. The lowest BCUT2D eigenvalue weighted by Gasteiger charge is -2.32. The number of piperidine rings is 1. The van der Waals surface area contributed by atoms with Crippen LogP contribution >= 0.6 is 0 Å². The molecule has 0 saturated carbocycles. The van der Waals surface area contributed by atoms with E-state index in [0.29, 0.717) is 17.9 Å². The fraction of sp³-hybridized carbons (Fsp3) is 0.611. The van der Waals surface area contributed by atoms with Gasteiger partial charge in [0.25, 0.3) is 5.91 Å². The Kier molecular flexibility index (Phi) is 4.47. The summed E-state index contributed by atoms with van der Waals surface area (Å²) in [4.78, 5) is 19.7. The van der Waals surface area contributed by atoms with E-state index in [-0.39, 0.29) is 17.7 Å². The lowest BCUT2D eigenvalue weighted by Crippen LogP contribution is -2.40. The van der Waals surface area contributed by atoms with Gasteiger partial charge in [0.05, 0.1) is 11.4 Å². The largest absolute Gasteiger partial charge is 0.361 e. The Morgan fingerprint density at radius 1 is 1.38 bits per heavy atom. The van der Waals surface area contributed by atoms with Gasteiger partial charge in [-0.3, -0.25) is 4.79 Å². The molecule has 6 heteroatoms. The monoisotopic (exact) mass is 330 g/mol. The van der Waals surface area contributed by atoms with Crippen LogP contribution in [0.1, 0.15) is 71.9 Å². The summed E-state index contributed by atoms with van der Waals surface area (Å²) in [5.74, 6) is 2.16. The number of amides is 1. The van der Waals surface area contributed by atoms with Gasteiger partial charge in [0, 0.05) is 32.3 Å². The maximum atomic E-state index is 13.1. The molecule has 1 aliphatic heterocycles. The van der Waals surface area contributed by atoms with Crippen LogP contribution in [0.5, 0.6) is 0 Å². The van der Waals surface area contributed by atoms with E-state index in [0.717, 1.165) is 36.6 Å². The van der Waals surface area contributed by atoms with Gasteiger partial charge in [-0.25, -0.2) is 4.98 Å². The number of aryl methyl sites for hydroxylation is 3. The normalized spacial score (nSPS) is 18.4. The molecule has 0 spiro atoms. The van der Waals surface area contributed by atoms with Crippen molar-refractivity contribution in [2.45, 2.75) is 52.4 Å². The molecule has 1 saturated heterocycles. The summed E-state index contributed by atoms with van der Waals surface area (Å²) >= 11 is 0. The highest BCUT2D eigenvalue weighted by Gasteiger charge is 2.31. The summed E-state index contributed by atoms with van der Waals surface area (Å²) in [7, 11) is 2.02. The Balaban J connectivity index is 1.84. The molecule has 0 aliphatic carbocycles. The second-order valence-electron chi connectivity index (χ2n) is 7.10. The fourth-order valence-electron chi connectivity index (χ4n) is 3.59. The summed E-state index contributed by atoms with van der Waals surface area (Å²) < 4.78 is 7.37. The molecule has 1 aliphatic rings. The number of nitrogens with zero attached hydrogens (tertiary/aromatic N) is 4. The number of carbonyl (C=O) groups is 1. The van der Waals surface area contributed by atoms with Crippen molar-refractivity contribution in [3.8, 4) is 0 Å². The van der Waals surface area contributed by atoms with Gasteiger partial charge in [-0.05, 0) is 32.6 Å². The highest BCUT2D eigenvalue weighted by molar-refractivity contribution is 5.96. The summed E-state index contributed by atoms with van der Waals surface area (Å²) in [5.41, 5.74) is 2.42. The van der Waals surface area contributed by atoms with Crippen molar-refractivity contribution in [3.63, 3.8) is 0 Å². The zero-order valence-electron chi connectivity index (χ0n) is 15.2. The van der Waals surface area contributed by atoms with Crippen molar-refractivity contribution in [2.75, 3.05) is 13.1 Å². The Bertz CT molecular complexity index is 744. The number of hydrogen-bond donors (Lipinski definition) is 0. The second kappa shape index (κ2) is 6.42. The summed E-state index contributed by atoms with van der Waals surface area (Å²) in [6.45, 7) is 9.36. The first-order chi connectivity index (χ1) is 11.4. The van der Waals surface area contributed by atoms with Gasteiger partial charge < -0.3 is 14.0 Å². The average molecular weight is 330 g/mol. The quantitative estimate of drug-likeness (QED) is 0.867. The SMILES string of the molecule is Cc1cn(C)c([C@@H]2CCCN(C(=O)c3c(C(C)C)noc3C)C2)n1. The molecule has 2 aromatic rings. The molecule has 1 amide bonds. The molecule has 6 nitrogen and oxygen atoms in total. The predicted molar refractivity (Wildman–Crippen MR) is 91.2 cm³/mol. The van der Waals surface area contributed by atoms with Crippen molar-refractivity contribution in [1.82, 2.24) is 19.6 Å². The second-order valence-corrected chi connectivity index (χ2v) is 7.10. The number of rotatable bonds is 3. The van der Waals surface area contributed by atoms with Gasteiger partial charge in [0.2, 0.25) is 0 Å². The molecule has 0 bridgehead atoms. The Morgan fingerprint density at radius 3 is 2.75 bits per heavy atom. The number of hydrogen-bond acceptors (Lipinski definition) is 4. The molecule has 3 heterocycles. The van der Waals surface area contributed by atoms with E-state index in [1.165, 1.54) is 0 Å². The zero-order chi connectivity index (χ0) is 17.4. The first-order valence-corrected chi connectivity index (χ1v) is 8.63. The van der Waals surface area contributed by atoms with Gasteiger partial charge in [-0.15, -0.1) is 0 Å². The molecule has 0 N–H and O–H groups in total. The Morgan fingerprint density at radius 2 is 2.12 bits per heavy atom.